The molecular weight excluding hydrogens is 228 g/mol. The van der Waals surface area contributed by atoms with Gasteiger partial charge in [0.15, 0.2) is 0 Å². The molecule has 1 heterocycles. The standard InChI is InChI=1S/C14H26N2O2/c1-2-8-15-14(13(17)18,12-6-7-12)11-16-9-4-3-5-10-16/h12,15H,2-11H2,1H3,(H,17,18). The zero-order valence-electron chi connectivity index (χ0n) is 11.5. The first-order valence-electron chi connectivity index (χ1n) is 7.40. The van der Waals surface area contributed by atoms with E-state index in [-0.39, 0.29) is 0 Å². The van der Waals surface area contributed by atoms with Crippen LogP contribution in [0.2, 0.25) is 0 Å². The number of aliphatic carboxylic acids is 1. The van der Waals surface area contributed by atoms with Gasteiger partial charge in [-0.1, -0.05) is 13.3 Å². The molecule has 0 aromatic carbocycles. The summed E-state index contributed by atoms with van der Waals surface area (Å²) in [7, 11) is 0. The predicted octanol–water partition coefficient (Wildman–Crippen LogP) is 1.71. The van der Waals surface area contributed by atoms with Crippen molar-refractivity contribution in [3.63, 3.8) is 0 Å². The van der Waals surface area contributed by atoms with Gasteiger partial charge in [0.2, 0.25) is 0 Å². The number of piperidine rings is 1. The van der Waals surface area contributed by atoms with E-state index in [1.807, 2.05) is 0 Å². The molecule has 1 aliphatic carbocycles. The number of carbonyl (C=O) groups is 1. The Morgan fingerprint density at radius 1 is 1.33 bits per heavy atom. The highest BCUT2D eigenvalue weighted by Gasteiger charge is 2.51. The van der Waals surface area contributed by atoms with Crippen LogP contribution in [-0.4, -0.2) is 47.7 Å². The lowest BCUT2D eigenvalue weighted by Crippen LogP contribution is -2.61. The van der Waals surface area contributed by atoms with E-state index in [1.165, 1.54) is 19.3 Å². The first kappa shape index (κ1) is 13.8. The van der Waals surface area contributed by atoms with Crippen LogP contribution in [0.4, 0.5) is 0 Å². The van der Waals surface area contributed by atoms with Crippen molar-refractivity contribution in [1.29, 1.82) is 0 Å². The molecule has 1 saturated heterocycles. The number of hydrogen-bond acceptors (Lipinski definition) is 3. The van der Waals surface area contributed by atoms with Crippen LogP contribution in [0.15, 0.2) is 0 Å². The molecule has 4 heteroatoms. The molecule has 4 nitrogen and oxygen atoms in total. The quantitative estimate of drug-likeness (QED) is 0.726. The van der Waals surface area contributed by atoms with Crippen molar-refractivity contribution in [1.82, 2.24) is 10.2 Å². The van der Waals surface area contributed by atoms with Gasteiger partial charge in [0.25, 0.3) is 0 Å². The molecule has 2 aliphatic rings. The third kappa shape index (κ3) is 3.04. The summed E-state index contributed by atoms with van der Waals surface area (Å²) in [6.07, 6.45) is 6.85. The zero-order chi connectivity index (χ0) is 13.0. The normalized spacial score (nSPS) is 24.7. The molecule has 1 atom stereocenters. The third-order valence-electron chi connectivity index (χ3n) is 4.27. The molecule has 0 radical (unpaired) electrons. The van der Waals surface area contributed by atoms with Gasteiger partial charge in [0.05, 0.1) is 0 Å². The molecule has 1 unspecified atom stereocenters. The smallest absolute Gasteiger partial charge is 0.325 e. The Morgan fingerprint density at radius 3 is 2.50 bits per heavy atom. The summed E-state index contributed by atoms with van der Waals surface area (Å²) in [6.45, 7) is 5.71. The molecule has 2 fully saturated rings. The van der Waals surface area contributed by atoms with Gasteiger partial charge in [-0.25, -0.2) is 0 Å². The molecule has 2 rings (SSSR count). The third-order valence-corrected chi connectivity index (χ3v) is 4.27. The highest BCUT2D eigenvalue weighted by Crippen LogP contribution is 2.40. The van der Waals surface area contributed by atoms with E-state index < -0.39 is 11.5 Å². The minimum atomic E-state index is -0.687. The van der Waals surface area contributed by atoms with E-state index in [1.54, 1.807) is 0 Å². The largest absolute Gasteiger partial charge is 0.480 e. The van der Waals surface area contributed by atoms with Gasteiger partial charge < -0.3 is 15.3 Å². The number of nitrogens with one attached hydrogen (secondary N) is 1. The molecule has 0 aromatic heterocycles. The summed E-state index contributed by atoms with van der Waals surface area (Å²) >= 11 is 0. The fourth-order valence-electron chi connectivity index (χ4n) is 3.04. The highest BCUT2D eigenvalue weighted by atomic mass is 16.4. The summed E-state index contributed by atoms with van der Waals surface area (Å²) in [5, 5.41) is 13.1. The van der Waals surface area contributed by atoms with Gasteiger partial charge in [-0.05, 0) is 57.7 Å². The fraction of sp³-hybridized carbons (Fsp3) is 0.929. The zero-order valence-corrected chi connectivity index (χ0v) is 11.5. The summed E-state index contributed by atoms with van der Waals surface area (Å²) in [5.41, 5.74) is -0.687. The molecule has 0 aromatic rings. The summed E-state index contributed by atoms with van der Waals surface area (Å²) < 4.78 is 0. The number of carboxylic acid groups (broad SMARTS) is 1. The average Bonchev–Trinajstić information content (AvgIpc) is 3.20. The molecule has 2 N–H and O–H groups in total. The topological polar surface area (TPSA) is 52.6 Å². The van der Waals surface area contributed by atoms with Gasteiger partial charge in [-0.15, -0.1) is 0 Å². The Morgan fingerprint density at radius 2 is 2.00 bits per heavy atom. The lowest BCUT2D eigenvalue weighted by atomic mass is 9.91. The average molecular weight is 254 g/mol. The Hall–Kier alpha value is -0.610. The number of carboxylic acids is 1. The van der Waals surface area contributed by atoms with Gasteiger partial charge >= 0.3 is 5.97 Å². The molecule has 1 aliphatic heterocycles. The van der Waals surface area contributed by atoms with E-state index in [0.29, 0.717) is 12.5 Å². The van der Waals surface area contributed by atoms with Crippen LogP contribution in [0.25, 0.3) is 0 Å². The fourth-order valence-corrected chi connectivity index (χ4v) is 3.04. The van der Waals surface area contributed by atoms with Crippen molar-refractivity contribution in [3.05, 3.63) is 0 Å². The first-order chi connectivity index (χ1) is 8.69. The van der Waals surface area contributed by atoms with Crippen LogP contribution in [0.3, 0.4) is 0 Å². The van der Waals surface area contributed by atoms with Crippen LogP contribution < -0.4 is 5.32 Å². The number of hydrogen-bond donors (Lipinski definition) is 2. The first-order valence-corrected chi connectivity index (χ1v) is 7.40. The van der Waals surface area contributed by atoms with E-state index in [0.717, 1.165) is 38.9 Å². The van der Waals surface area contributed by atoms with Crippen molar-refractivity contribution < 1.29 is 9.90 Å². The predicted molar refractivity (Wildman–Crippen MR) is 71.7 cm³/mol. The van der Waals surface area contributed by atoms with Crippen LogP contribution in [0, 0.1) is 5.92 Å². The van der Waals surface area contributed by atoms with Crippen molar-refractivity contribution in [3.8, 4) is 0 Å². The van der Waals surface area contributed by atoms with Crippen molar-refractivity contribution >= 4 is 5.97 Å². The van der Waals surface area contributed by atoms with Gasteiger partial charge in [0, 0.05) is 6.54 Å². The maximum atomic E-state index is 11.8. The second-order valence-corrected chi connectivity index (χ2v) is 5.81. The molecule has 104 valence electrons. The Kier molecular flexibility index (Phi) is 4.62. The Bertz CT molecular complexity index is 286. The van der Waals surface area contributed by atoms with Gasteiger partial charge in [0.1, 0.15) is 5.54 Å². The monoisotopic (exact) mass is 254 g/mol. The van der Waals surface area contributed by atoms with E-state index in [9.17, 15) is 9.90 Å². The van der Waals surface area contributed by atoms with Crippen LogP contribution in [0.1, 0.15) is 45.4 Å². The second kappa shape index (κ2) is 6.02. The Labute approximate surface area is 110 Å². The van der Waals surface area contributed by atoms with Crippen LogP contribution >= 0.6 is 0 Å². The van der Waals surface area contributed by atoms with E-state index >= 15 is 0 Å². The van der Waals surface area contributed by atoms with Gasteiger partial charge in [-0.2, -0.15) is 0 Å². The summed E-state index contributed by atoms with van der Waals surface area (Å²) in [4.78, 5) is 14.1. The summed E-state index contributed by atoms with van der Waals surface area (Å²) in [5.74, 6) is -0.313. The van der Waals surface area contributed by atoms with E-state index in [4.69, 9.17) is 0 Å². The van der Waals surface area contributed by atoms with Crippen molar-refractivity contribution in [2.45, 2.75) is 51.0 Å². The van der Waals surface area contributed by atoms with E-state index in [2.05, 4.69) is 17.1 Å². The molecule has 1 saturated carbocycles. The molecule has 18 heavy (non-hydrogen) atoms. The molecule has 0 bridgehead atoms. The van der Waals surface area contributed by atoms with Gasteiger partial charge in [-0.3, -0.25) is 4.79 Å². The molecular formula is C14H26N2O2. The maximum Gasteiger partial charge on any atom is 0.325 e. The molecule has 0 amide bonds. The minimum absolute atomic E-state index is 0.337. The number of nitrogens with zero attached hydrogens (tertiary/aromatic N) is 1. The maximum absolute atomic E-state index is 11.8. The molecule has 0 spiro atoms. The van der Waals surface area contributed by atoms with Crippen molar-refractivity contribution in [2.24, 2.45) is 5.92 Å². The number of rotatable bonds is 7. The number of likely N-dealkylation sites (tertiary alicyclic amines) is 1. The highest BCUT2D eigenvalue weighted by molar-refractivity contribution is 5.80. The van der Waals surface area contributed by atoms with Crippen molar-refractivity contribution in [2.75, 3.05) is 26.2 Å². The lowest BCUT2D eigenvalue weighted by molar-refractivity contribution is -0.147. The second-order valence-electron chi connectivity index (χ2n) is 5.81. The van der Waals surface area contributed by atoms with Crippen LogP contribution in [-0.2, 0) is 4.79 Å². The minimum Gasteiger partial charge on any atom is -0.480 e. The Balaban J connectivity index is 2.03. The summed E-state index contributed by atoms with van der Waals surface area (Å²) in [6, 6.07) is 0. The van der Waals surface area contributed by atoms with Crippen LogP contribution in [0.5, 0.6) is 0 Å². The SMILES string of the molecule is CCCNC(CN1CCCCC1)(C(=O)O)C1CC1. The lowest BCUT2D eigenvalue weighted by Gasteiger charge is -2.38.